The summed E-state index contributed by atoms with van der Waals surface area (Å²) < 4.78 is 2.02. The largest absolute Gasteiger partial charge is 0.352 e. The van der Waals surface area contributed by atoms with E-state index in [4.69, 9.17) is 0 Å². The molecule has 4 heteroatoms. The highest BCUT2D eigenvalue weighted by molar-refractivity contribution is 5.29. The Kier molecular flexibility index (Phi) is 3.52. The molecule has 0 saturated carbocycles. The van der Waals surface area contributed by atoms with Crippen molar-refractivity contribution in [2.24, 2.45) is 7.05 Å². The lowest BCUT2D eigenvalue weighted by molar-refractivity contribution is 0.391. The Morgan fingerprint density at radius 3 is 2.64 bits per heavy atom. The zero-order valence-electron chi connectivity index (χ0n) is 9.70. The Bertz CT molecular complexity index is 290. The van der Waals surface area contributed by atoms with Crippen molar-refractivity contribution in [3.05, 3.63) is 11.9 Å². The molecule has 0 aliphatic rings. The first-order valence-corrected chi connectivity index (χ1v) is 4.90. The fourth-order valence-electron chi connectivity index (χ4n) is 1.56. The van der Waals surface area contributed by atoms with Gasteiger partial charge in [-0.05, 0) is 27.9 Å². The number of likely N-dealkylation sites (N-methyl/N-ethyl adjacent to an activating group) is 1. The lowest BCUT2D eigenvalue weighted by atomic mass is 10.3. The molecule has 0 aliphatic carbocycles. The number of aromatic nitrogens is 2. The van der Waals surface area contributed by atoms with Gasteiger partial charge in [0.1, 0.15) is 0 Å². The zero-order valence-corrected chi connectivity index (χ0v) is 9.70. The SMILES string of the molecule is Cc1cn(C)c(NC(C)CN(C)C)n1. The summed E-state index contributed by atoms with van der Waals surface area (Å²) in [4.78, 5) is 6.55. The van der Waals surface area contributed by atoms with Gasteiger partial charge in [0.25, 0.3) is 0 Å². The fourth-order valence-corrected chi connectivity index (χ4v) is 1.56. The van der Waals surface area contributed by atoms with Gasteiger partial charge in [-0.3, -0.25) is 0 Å². The van der Waals surface area contributed by atoms with E-state index in [0.717, 1.165) is 18.2 Å². The van der Waals surface area contributed by atoms with Crippen molar-refractivity contribution in [3.8, 4) is 0 Å². The number of anilines is 1. The smallest absolute Gasteiger partial charge is 0.203 e. The van der Waals surface area contributed by atoms with Gasteiger partial charge in [-0.25, -0.2) is 4.98 Å². The molecule has 4 nitrogen and oxygen atoms in total. The molecule has 14 heavy (non-hydrogen) atoms. The number of hydrogen-bond acceptors (Lipinski definition) is 3. The highest BCUT2D eigenvalue weighted by atomic mass is 15.2. The maximum Gasteiger partial charge on any atom is 0.203 e. The monoisotopic (exact) mass is 196 g/mol. The van der Waals surface area contributed by atoms with Crippen LogP contribution in [0.15, 0.2) is 6.20 Å². The molecule has 1 rings (SSSR count). The summed E-state index contributed by atoms with van der Waals surface area (Å²) in [5, 5.41) is 3.37. The molecule has 0 radical (unpaired) electrons. The molecular formula is C10H20N4. The van der Waals surface area contributed by atoms with Crippen LogP contribution in [0.1, 0.15) is 12.6 Å². The van der Waals surface area contributed by atoms with Gasteiger partial charge in [-0.2, -0.15) is 0 Å². The van der Waals surface area contributed by atoms with Crippen molar-refractivity contribution in [1.29, 1.82) is 0 Å². The third-order valence-corrected chi connectivity index (χ3v) is 2.01. The summed E-state index contributed by atoms with van der Waals surface area (Å²) in [7, 11) is 6.15. The summed E-state index contributed by atoms with van der Waals surface area (Å²) in [5.74, 6) is 0.942. The van der Waals surface area contributed by atoms with E-state index in [9.17, 15) is 0 Å². The lowest BCUT2D eigenvalue weighted by Crippen LogP contribution is -2.30. The predicted molar refractivity (Wildman–Crippen MR) is 59.6 cm³/mol. The van der Waals surface area contributed by atoms with E-state index in [-0.39, 0.29) is 0 Å². The van der Waals surface area contributed by atoms with Crippen LogP contribution in [0.4, 0.5) is 5.95 Å². The van der Waals surface area contributed by atoms with Gasteiger partial charge in [0.05, 0.1) is 5.69 Å². The van der Waals surface area contributed by atoms with Gasteiger partial charge in [0, 0.05) is 25.8 Å². The third kappa shape index (κ3) is 3.03. The van der Waals surface area contributed by atoms with Crippen molar-refractivity contribution >= 4 is 5.95 Å². The second-order valence-corrected chi connectivity index (χ2v) is 4.12. The number of imidazole rings is 1. The summed E-state index contributed by atoms with van der Waals surface area (Å²) in [6.07, 6.45) is 2.02. The Labute approximate surface area is 85.9 Å². The van der Waals surface area contributed by atoms with E-state index in [1.165, 1.54) is 0 Å². The third-order valence-electron chi connectivity index (χ3n) is 2.01. The van der Waals surface area contributed by atoms with Crippen LogP contribution in [-0.2, 0) is 7.05 Å². The van der Waals surface area contributed by atoms with Crippen molar-refractivity contribution in [3.63, 3.8) is 0 Å². The van der Waals surface area contributed by atoms with Crippen LogP contribution in [0, 0.1) is 6.92 Å². The van der Waals surface area contributed by atoms with Gasteiger partial charge in [-0.1, -0.05) is 0 Å². The van der Waals surface area contributed by atoms with Gasteiger partial charge < -0.3 is 14.8 Å². The molecule has 1 aromatic rings. The van der Waals surface area contributed by atoms with Gasteiger partial charge in [0.2, 0.25) is 5.95 Å². The molecule has 0 saturated heterocycles. The minimum absolute atomic E-state index is 0.408. The number of aryl methyl sites for hydroxylation is 2. The van der Waals surface area contributed by atoms with E-state index in [0.29, 0.717) is 6.04 Å². The minimum atomic E-state index is 0.408. The van der Waals surface area contributed by atoms with E-state index in [1.54, 1.807) is 0 Å². The topological polar surface area (TPSA) is 33.1 Å². The van der Waals surface area contributed by atoms with E-state index in [1.807, 2.05) is 24.7 Å². The molecule has 1 unspecified atom stereocenters. The quantitative estimate of drug-likeness (QED) is 0.782. The molecule has 0 bridgehead atoms. The Balaban J connectivity index is 2.55. The Morgan fingerprint density at radius 1 is 1.57 bits per heavy atom. The highest BCUT2D eigenvalue weighted by Gasteiger charge is 2.07. The minimum Gasteiger partial charge on any atom is -0.352 e. The molecule has 0 fully saturated rings. The van der Waals surface area contributed by atoms with Crippen molar-refractivity contribution in [2.75, 3.05) is 26.0 Å². The van der Waals surface area contributed by atoms with E-state index >= 15 is 0 Å². The van der Waals surface area contributed by atoms with E-state index < -0.39 is 0 Å². The number of hydrogen-bond donors (Lipinski definition) is 1. The summed E-state index contributed by atoms with van der Waals surface area (Å²) >= 11 is 0. The van der Waals surface area contributed by atoms with Crippen molar-refractivity contribution < 1.29 is 0 Å². The van der Waals surface area contributed by atoms with Crippen molar-refractivity contribution in [1.82, 2.24) is 14.5 Å². The molecular weight excluding hydrogens is 176 g/mol. The van der Waals surface area contributed by atoms with Crippen molar-refractivity contribution in [2.45, 2.75) is 19.9 Å². The molecule has 1 atom stereocenters. The van der Waals surface area contributed by atoms with Gasteiger partial charge in [-0.15, -0.1) is 0 Å². The first-order valence-electron chi connectivity index (χ1n) is 4.90. The normalized spacial score (nSPS) is 13.3. The van der Waals surface area contributed by atoms with Crippen LogP contribution in [0.3, 0.4) is 0 Å². The van der Waals surface area contributed by atoms with Crippen LogP contribution in [-0.4, -0.2) is 41.1 Å². The number of rotatable bonds is 4. The second-order valence-electron chi connectivity index (χ2n) is 4.12. The van der Waals surface area contributed by atoms with Gasteiger partial charge >= 0.3 is 0 Å². The number of nitrogens with one attached hydrogen (secondary N) is 1. The maximum atomic E-state index is 4.39. The summed E-state index contributed by atoms with van der Waals surface area (Å²) in [6.45, 7) is 5.16. The second kappa shape index (κ2) is 4.46. The molecule has 0 amide bonds. The standard InChI is InChI=1S/C10H20N4/c1-8(6-13(3)4)11-10-12-9(2)7-14(10)5/h7-8H,6H2,1-5H3,(H,11,12). The molecule has 1 N–H and O–H groups in total. The Morgan fingerprint density at radius 2 is 2.21 bits per heavy atom. The first-order chi connectivity index (χ1) is 6.49. The highest BCUT2D eigenvalue weighted by Crippen LogP contribution is 2.07. The first kappa shape index (κ1) is 11.0. The van der Waals surface area contributed by atoms with Crippen LogP contribution in [0.5, 0.6) is 0 Å². The average molecular weight is 196 g/mol. The molecule has 0 aliphatic heterocycles. The lowest BCUT2D eigenvalue weighted by Gasteiger charge is -2.18. The van der Waals surface area contributed by atoms with Crippen LogP contribution >= 0.6 is 0 Å². The molecule has 0 spiro atoms. The molecule has 1 heterocycles. The van der Waals surface area contributed by atoms with Crippen LogP contribution in [0.25, 0.3) is 0 Å². The van der Waals surface area contributed by atoms with Gasteiger partial charge in [0.15, 0.2) is 0 Å². The predicted octanol–water partition coefficient (Wildman–Crippen LogP) is 1.09. The summed E-state index contributed by atoms with van der Waals surface area (Å²) in [5.41, 5.74) is 1.05. The maximum absolute atomic E-state index is 4.39. The van der Waals surface area contributed by atoms with Crippen LogP contribution < -0.4 is 5.32 Å². The van der Waals surface area contributed by atoms with E-state index in [2.05, 4.69) is 36.2 Å². The number of nitrogens with zero attached hydrogens (tertiary/aromatic N) is 3. The molecule has 80 valence electrons. The average Bonchev–Trinajstić information content (AvgIpc) is 2.28. The Hall–Kier alpha value is -1.03. The summed E-state index contributed by atoms with van der Waals surface area (Å²) in [6, 6.07) is 0.408. The fraction of sp³-hybridized carbons (Fsp3) is 0.700. The molecule has 1 aromatic heterocycles. The molecule has 0 aromatic carbocycles. The van der Waals surface area contributed by atoms with Crippen LogP contribution in [0.2, 0.25) is 0 Å². The zero-order chi connectivity index (χ0) is 10.7.